The molecule has 0 amide bonds. The maximum atomic E-state index is 13.9. The molecule has 42 heavy (non-hydrogen) atoms. The van der Waals surface area contributed by atoms with Crippen LogP contribution in [0.4, 0.5) is 0 Å². The standard InChI is InChI=1S/C33H31BrN2O5S/c1-5-39-27-17-23(11-16-26(27)41-19-22-9-14-25(34)15-10-22)18-28-31(37)36-30(24-12-7-20(3)8-13-24)29(32(38)40-6-2)21(4)35-33(36)42-28/h7-18,30H,5-6,19H2,1-4H3/b28-18+/t30-/m1/s1. The number of nitrogens with zero attached hydrogens (tertiary/aromatic N) is 2. The summed E-state index contributed by atoms with van der Waals surface area (Å²) < 4.78 is 20.4. The van der Waals surface area contributed by atoms with Gasteiger partial charge in [-0.1, -0.05) is 75.3 Å². The Kier molecular flexibility index (Phi) is 9.09. The molecule has 0 aliphatic carbocycles. The van der Waals surface area contributed by atoms with E-state index in [0.29, 0.717) is 45.3 Å². The topological polar surface area (TPSA) is 79.1 Å². The number of thiazole rings is 1. The fourth-order valence-electron chi connectivity index (χ4n) is 4.75. The zero-order valence-corrected chi connectivity index (χ0v) is 26.3. The van der Waals surface area contributed by atoms with Crippen LogP contribution >= 0.6 is 27.3 Å². The molecule has 3 aromatic carbocycles. The highest BCUT2D eigenvalue weighted by molar-refractivity contribution is 9.10. The van der Waals surface area contributed by atoms with Gasteiger partial charge in [0.1, 0.15) is 6.61 Å². The van der Waals surface area contributed by atoms with E-state index < -0.39 is 12.0 Å². The number of aromatic nitrogens is 1. The lowest BCUT2D eigenvalue weighted by molar-refractivity contribution is -0.139. The Labute approximate surface area is 256 Å². The Morgan fingerprint density at radius 1 is 0.976 bits per heavy atom. The average molecular weight is 648 g/mol. The summed E-state index contributed by atoms with van der Waals surface area (Å²) in [4.78, 5) is 32.2. The van der Waals surface area contributed by atoms with Crippen molar-refractivity contribution >= 4 is 39.3 Å². The summed E-state index contributed by atoms with van der Waals surface area (Å²) in [5.41, 5.74) is 4.39. The van der Waals surface area contributed by atoms with Gasteiger partial charge >= 0.3 is 5.97 Å². The van der Waals surface area contributed by atoms with E-state index in [1.54, 1.807) is 18.4 Å². The van der Waals surface area contributed by atoms with Gasteiger partial charge in [0.2, 0.25) is 0 Å². The van der Waals surface area contributed by atoms with Crippen molar-refractivity contribution in [3.63, 3.8) is 0 Å². The van der Waals surface area contributed by atoms with Gasteiger partial charge in [0, 0.05) is 4.47 Å². The minimum absolute atomic E-state index is 0.228. The number of ether oxygens (including phenoxy) is 3. The minimum Gasteiger partial charge on any atom is -0.490 e. The van der Waals surface area contributed by atoms with Gasteiger partial charge in [-0.15, -0.1) is 0 Å². The van der Waals surface area contributed by atoms with Crippen LogP contribution in [-0.4, -0.2) is 23.8 Å². The molecule has 1 aliphatic rings. The molecule has 0 N–H and O–H groups in total. The Bertz CT molecular complexity index is 1820. The van der Waals surface area contributed by atoms with Crippen molar-refractivity contribution in [2.24, 2.45) is 4.99 Å². The summed E-state index contributed by atoms with van der Waals surface area (Å²) in [6.45, 7) is 8.54. The number of aryl methyl sites for hydroxylation is 1. The summed E-state index contributed by atoms with van der Waals surface area (Å²) in [5, 5.41) is 0. The Morgan fingerprint density at radius 3 is 2.40 bits per heavy atom. The van der Waals surface area contributed by atoms with Gasteiger partial charge in [-0.3, -0.25) is 9.36 Å². The summed E-state index contributed by atoms with van der Waals surface area (Å²) in [6, 6.07) is 20.7. The molecule has 7 nitrogen and oxygen atoms in total. The second-order valence-electron chi connectivity index (χ2n) is 9.77. The van der Waals surface area contributed by atoms with E-state index in [1.165, 1.54) is 11.3 Å². The molecule has 0 spiro atoms. The van der Waals surface area contributed by atoms with Crippen LogP contribution in [0.5, 0.6) is 11.5 Å². The predicted octanol–water partition coefficient (Wildman–Crippen LogP) is 5.85. The van der Waals surface area contributed by atoms with Crippen LogP contribution in [0.15, 0.2) is 92.3 Å². The molecule has 5 rings (SSSR count). The number of carbonyl (C=O) groups excluding carboxylic acids is 1. The molecule has 1 aromatic heterocycles. The zero-order valence-electron chi connectivity index (χ0n) is 23.8. The molecule has 1 atom stereocenters. The number of fused-ring (bicyclic) bond motifs is 1. The lowest BCUT2D eigenvalue weighted by atomic mass is 9.95. The van der Waals surface area contributed by atoms with E-state index >= 15 is 0 Å². The van der Waals surface area contributed by atoms with Crippen LogP contribution in [0.2, 0.25) is 0 Å². The molecular weight excluding hydrogens is 616 g/mol. The number of halogens is 1. The van der Waals surface area contributed by atoms with Gasteiger partial charge < -0.3 is 14.2 Å². The lowest BCUT2D eigenvalue weighted by Gasteiger charge is -2.24. The predicted molar refractivity (Wildman–Crippen MR) is 168 cm³/mol. The number of rotatable bonds is 9. The fraction of sp³-hybridized carbons (Fsp3) is 0.242. The molecule has 0 saturated heterocycles. The summed E-state index contributed by atoms with van der Waals surface area (Å²) >= 11 is 4.74. The minimum atomic E-state index is -0.642. The molecule has 1 aliphatic heterocycles. The Hall–Kier alpha value is -3.95. The second kappa shape index (κ2) is 12.9. The van der Waals surface area contributed by atoms with Gasteiger partial charge in [0.15, 0.2) is 16.3 Å². The Morgan fingerprint density at radius 2 is 1.71 bits per heavy atom. The fourth-order valence-corrected chi connectivity index (χ4v) is 6.06. The number of hydrogen-bond acceptors (Lipinski definition) is 7. The smallest absolute Gasteiger partial charge is 0.338 e. The van der Waals surface area contributed by atoms with E-state index in [-0.39, 0.29) is 12.2 Å². The molecule has 0 saturated carbocycles. The van der Waals surface area contributed by atoms with Crippen molar-refractivity contribution < 1.29 is 19.0 Å². The van der Waals surface area contributed by atoms with E-state index in [0.717, 1.165) is 26.7 Å². The number of benzene rings is 3. The van der Waals surface area contributed by atoms with Crippen molar-refractivity contribution in [2.45, 2.75) is 40.3 Å². The first kappa shape index (κ1) is 29.5. The van der Waals surface area contributed by atoms with Crippen LogP contribution < -0.4 is 24.4 Å². The van der Waals surface area contributed by atoms with Crippen molar-refractivity contribution in [1.82, 2.24) is 4.57 Å². The SMILES string of the molecule is CCOC(=O)C1=C(C)N=c2s/c(=C/c3ccc(OCc4ccc(Br)cc4)c(OCC)c3)c(=O)n2[C@@H]1c1ccc(C)cc1. The molecule has 0 radical (unpaired) electrons. The third-order valence-corrected chi connectivity index (χ3v) is 8.29. The van der Waals surface area contributed by atoms with Gasteiger partial charge in [0.05, 0.1) is 35.1 Å². The maximum Gasteiger partial charge on any atom is 0.338 e. The summed E-state index contributed by atoms with van der Waals surface area (Å²) in [5.74, 6) is 0.736. The first-order valence-corrected chi connectivity index (χ1v) is 15.3. The van der Waals surface area contributed by atoms with Crippen LogP contribution in [0.25, 0.3) is 6.08 Å². The number of carbonyl (C=O) groups is 1. The van der Waals surface area contributed by atoms with Crippen LogP contribution in [0, 0.1) is 6.92 Å². The van der Waals surface area contributed by atoms with E-state index in [4.69, 9.17) is 14.2 Å². The number of esters is 1. The molecule has 0 unspecified atom stereocenters. The van der Waals surface area contributed by atoms with Gasteiger partial charge in [-0.25, -0.2) is 9.79 Å². The highest BCUT2D eigenvalue weighted by Crippen LogP contribution is 2.32. The van der Waals surface area contributed by atoms with Crippen molar-refractivity contribution in [3.8, 4) is 11.5 Å². The van der Waals surface area contributed by atoms with E-state index in [9.17, 15) is 9.59 Å². The molecule has 2 heterocycles. The molecule has 4 aromatic rings. The highest BCUT2D eigenvalue weighted by Gasteiger charge is 2.33. The van der Waals surface area contributed by atoms with Gasteiger partial charge in [-0.2, -0.15) is 0 Å². The Balaban J connectivity index is 1.54. The third kappa shape index (κ3) is 6.27. The monoisotopic (exact) mass is 646 g/mol. The maximum absolute atomic E-state index is 13.9. The van der Waals surface area contributed by atoms with Crippen molar-refractivity contribution in [2.75, 3.05) is 13.2 Å². The molecule has 9 heteroatoms. The first-order valence-electron chi connectivity index (χ1n) is 13.7. The van der Waals surface area contributed by atoms with Crippen molar-refractivity contribution in [1.29, 1.82) is 0 Å². The largest absolute Gasteiger partial charge is 0.490 e. The second-order valence-corrected chi connectivity index (χ2v) is 11.7. The van der Waals surface area contributed by atoms with E-state index in [1.807, 2.05) is 86.7 Å². The lowest BCUT2D eigenvalue weighted by Crippen LogP contribution is -2.39. The van der Waals surface area contributed by atoms with Crippen molar-refractivity contribution in [3.05, 3.63) is 124 Å². The van der Waals surface area contributed by atoms with Crippen LogP contribution in [0.1, 0.15) is 49.1 Å². The normalized spacial score (nSPS) is 14.8. The molecule has 0 fully saturated rings. The quantitative estimate of drug-likeness (QED) is 0.213. The van der Waals surface area contributed by atoms with Crippen LogP contribution in [-0.2, 0) is 16.1 Å². The molecule has 216 valence electrons. The summed E-state index contributed by atoms with van der Waals surface area (Å²) in [7, 11) is 0. The number of hydrogen-bond donors (Lipinski definition) is 0. The van der Waals surface area contributed by atoms with Gasteiger partial charge in [-0.05, 0) is 74.7 Å². The first-order chi connectivity index (χ1) is 20.3. The molecule has 0 bridgehead atoms. The highest BCUT2D eigenvalue weighted by atomic mass is 79.9. The average Bonchev–Trinajstić information content (AvgIpc) is 3.27. The zero-order chi connectivity index (χ0) is 29.8. The van der Waals surface area contributed by atoms with E-state index in [2.05, 4.69) is 20.9 Å². The third-order valence-electron chi connectivity index (χ3n) is 6.78. The van der Waals surface area contributed by atoms with Crippen LogP contribution in [0.3, 0.4) is 0 Å². The number of allylic oxidation sites excluding steroid dienone is 1. The summed E-state index contributed by atoms with van der Waals surface area (Å²) in [6.07, 6.45) is 1.82. The molecular formula is C33H31BrN2O5S. The van der Waals surface area contributed by atoms with Gasteiger partial charge in [0.25, 0.3) is 5.56 Å².